The van der Waals surface area contributed by atoms with Gasteiger partial charge < -0.3 is 19.5 Å². The van der Waals surface area contributed by atoms with Crippen LogP contribution < -0.4 is 14.8 Å². The van der Waals surface area contributed by atoms with Crippen LogP contribution in [0.15, 0.2) is 48.5 Å². The monoisotopic (exact) mass is 518 g/mol. The number of ether oxygens (including phenoxy) is 3. The Kier molecular flexibility index (Phi) is 8.00. The Balaban J connectivity index is 1.20. The molecule has 0 bridgehead atoms. The van der Waals surface area contributed by atoms with Crippen LogP contribution in [0.3, 0.4) is 0 Å². The third-order valence-corrected chi connectivity index (χ3v) is 7.12. The van der Waals surface area contributed by atoms with Gasteiger partial charge >= 0.3 is 0 Å². The number of carbonyl (C=O) groups excluding carboxylic acids is 1. The van der Waals surface area contributed by atoms with E-state index in [1.165, 1.54) is 5.56 Å². The predicted octanol–water partition coefficient (Wildman–Crippen LogP) is 4.42. The van der Waals surface area contributed by atoms with Crippen LogP contribution in [0, 0.1) is 0 Å². The average Bonchev–Trinajstić information content (AvgIpc) is 3.67. The lowest BCUT2D eigenvalue weighted by Gasteiger charge is -2.35. The lowest BCUT2D eigenvalue weighted by Crippen LogP contribution is -2.44. The number of hydrogen-bond acceptors (Lipinski definition) is 6. The summed E-state index contributed by atoms with van der Waals surface area (Å²) in [5.41, 5.74) is 4.78. The molecule has 2 unspecified atom stereocenters. The number of amides is 1. The molecular formula is C30H38N4O4. The van der Waals surface area contributed by atoms with Crippen molar-refractivity contribution in [3.63, 3.8) is 0 Å². The minimum Gasteiger partial charge on any atom is -0.493 e. The van der Waals surface area contributed by atoms with Crippen LogP contribution in [0.1, 0.15) is 65.5 Å². The maximum absolute atomic E-state index is 12.8. The first-order chi connectivity index (χ1) is 18.4. The smallest absolute Gasteiger partial charge is 0.269 e. The highest BCUT2D eigenvalue weighted by atomic mass is 16.5. The minimum atomic E-state index is -0.152. The molecule has 3 aromatic rings. The second-order valence-electron chi connectivity index (χ2n) is 10.5. The number of methoxy groups -OCH3 is 1. The van der Waals surface area contributed by atoms with Crippen LogP contribution in [0.2, 0.25) is 0 Å². The predicted molar refractivity (Wildman–Crippen MR) is 145 cm³/mol. The number of hydrogen-bond donors (Lipinski definition) is 1. The minimum absolute atomic E-state index is 0.152. The number of morpholine rings is 1. The van der Waals surface area contributed by atoms with Gasteiger partial charge in [-0.3, -0.25) is 14.4 Å². The zero-order chi connectivity index (χ0) is 26.6. The average molecular weight is 519 g/mol. The fraction of sp³-hybridized carbons (Fsp3) is 0.467. The first kappa shape index (κ1) is 26.3. The Hall–Kier alpha value is -3.36. The lowest BCUT2D eigenvalue weighted by molar-refractivity contribution is -0.0704. The SMILES string of the molecule is COc1c(CNC(=O)c2cc(C3CC3)nn2C)cccc1OCc1cccc(CN2CC(C)OC(C)C2)c1. The molecule has 1 aromatic heterocycles. The van der Waals surface area contributed by atoms with Crippen molar-refractivity contribution in [1.82, 2.24) is 20.0 Å². The summed E-state index contributed by atoms with van der Waals surface area (Å²) < 4.78 is 19.4. The lowest BCUT2D eigenvalue weighted by atomic mass is 10.1. The van der Waals surface area contributed by atoms with E-state index in [0.717, 1.165) is 49.3 Å². The van der Waals surface area contributed by atoms with Crippen molar-refractivity contribution in [2.75, 3.05) is 20.2 Å². The normalized spacial score (nSPS) is 19.8. The summed E-state index contributed by atoms with van der Waals surface area (Å²) in [6.07, 6.45) is 2.80. The Morgan fingerprint density at radius 1 is 1.08 bits per heavy atom. The number of para-hydroxylation sites is 1. The molecule has 2 aliphatic rings. The Labute approximate surface area is 224 Å². The molecule has 1 aliphatic carbocycles. The summed E-state index contributed by atoms with van der Waals surface area (Å²) in [5, 5.41) is 7.51. The number of aryl methyl sites for hydroxylation is 1. The van der Waals surface area contributed by atoms with Crippen molar-refractivity contribution >= 4 is 5.91 Å². The number of benzene rings is 2. The van der Waals surface area contributed by atoms with Gasteiger partial charge in [-0.15, -0.1) is 0 Å². The van der Waals surface area contributed by atoms with Crippen molar-refractivity contribution in [3.05, 3.63) is 76.6 Å². The van der Waals surface area contributed by atoms with Crippen molar-refractivity contribution in [2.45, 2.75) is 64.5 Å². The Morgan fingerprint density at radius 3 is 2.55 bits per heavy atom. The highest BCUT2D eigenvalue weighted by molar-refractivity contribution is 5.92. The van der Waals surface area contributed by atoms with E-state index in [4.69, 9.17) is 14.2 Å². The first-order valence-corrected chi connectivity index (χ1v) is 13.5. The molecule has 2 atom stereocenters. The van der Waals surface area contributed by atoms with Gasteiger partial charge in [0.1, 0.15) is 12.3 Å². The summed E-state index contributed by atoms with van der Waals surface area (Å²) >= 11 is 0. The van der Waals surface area contributed by atoms with E-state index in [1.807, 2.05) is 31.3 Å². The van der Waals surface area contributed by atoms with Crippen LogP contribution >= 0.6 is 0 Å². The molecule has 1 saturated carbocycles. The number of carbonyl (C=O) groups is 1. The zero-order valence-corrected chi connectivity index (χ0v) is 22.8. The van der Waals surface area contributed by atoms with Crippen LogP contribution in [0.4, 0.5) is 0 Å². The summed E-state index contributed by atoms with van der Waals surface area (Å²) in [6.45, 7) is 7.78. The first-order valence-electron chi connectivity index (χ1n) is 13.5. The number of nitrogens with zero attached hydrogens (tertiary/aromatic N) is 3. The van der Waals surface area contributed by atoms with Crippen molar-refractivity contribution in [2.24, 2.45) is 7.05 Å². The van der Waals surface area contributed by atoms with Crippen LogP contribution in [0.5, 0.6) is 11.5 Å². The van der Waals surface area contributed by atoms with Gasteiger partial charge in [0, 0.05) is 44.7 Å². The molecule has 0 radical (unpaired) electrons. The largest absolute Gasteiger partial charge is 0.493 e. The Bertz CT molecular complexity index is 1260. The van der Waals surface area contributed by atoms with Gasteiger partial charge in [0.25, 0.3) is 5.91 Å². The molecular weight excluding hydrogens is 480 g/mol. The quantitative estimate of drug-likeness (QED) is 0.428. The number of aromatic nitrogens is 2. The van der Waals surface area contributed by atoms with E-state index in [1.54, 1.807) is 11.8 Å². The molecule has 2 aromatic carbocycles. The van der Waals surface area contributed by atoms with Gasteiger partial charge in [-0.25, -0.2) is 0 Å². The fourth-order valence-corrected chi connectivity index (χ4v) is 5.24. The molecule has 8 nitrogen and oxygen atoms in total. The molecule has 2 heterocycles. The topological polar surface area (TPSA) is 77.8 Å². The van der Waals surface area contributed by atoms with Crippen LogP contribution in [-0.2, 0) is 31.5 Å². The summed E-state index contributed by atoms with van der Waals surface area (Å²) in [6, 6.07) is 16.2. The van der Waals surface area contributed by atoms with Crippen molar-refractivity contribution in [3.8, 4) is 11.5 Å². The molecule has 2 fully saturated rings. The molecule has 1 aliphatic heterocycles. The van der Waals surface area contributed by atoms with Crippen LogP contribution in [-0.4, -0.2) is 53.0 Å². The van der Waals surface area contributed by atoms with E-state index in [0.29, 0.717) is 36.3 Å². The van der Waals surface area contributed by atoms with Crippen LogP contribution in [0.25, 0.3) is 0 Å². The van der Waals surface area contributed by atoms with E-state index >= 15 is 0 Å². The highest BCUT2D eigenvalue weighted by Crippen LogP contribution is 2.39. The summed E-state index contributed by atoms with van der Waals surface area (Å²) in [5.74, 6) is 1.63. The molecule has 1 amide bonds. The van der Waals surface area contributed by atoms with Gasteiger partial charge in [-0.05, 0) is 49.9 Å². The molecule has 1 saturated heterocycles. The maximum Gasteiger partial charge on any atom is 0.269 e. The van der Waals surface area contributed by atoms with Gasteiger partial charge in [0.15, 0.2) is 11.5 Å². The second kappa shape index (κ2) is 11.6. The molecule has 5 rings (SSSR count). The highest BCUT2D eigenvalue weighted by Gasteiger charge is 2.28. The van der Waals surface area contributed by atoms with Gasteiger partial charge in [-0.2, -0.15) is 5.10 Å². The van der Waals surface area contributed by atoms with E-state index in [9.17, 15) is 4.79 Å². The molecule has 1 N–H and O–H groups in total. The third-order valence-electron chi connectivity index (χ3n) is 7.12. The Morgan fingerprint density at radius 2 is 1.82 bits per heavy atom. The summed E-state index contributed by atoms with van der Waals surface area (Å²) in [4.78, 5) is 15.3. The van der Waals surface area contributed by atoms with Crippen molar-refractivity contribution < 1.29 is 19.0 Å². The zero-order valence-electron chi connectivity index (χ0n) is 22.8. The van der Waals surface area contributed by atoms with E-state index in [-0.39, 0.29) is 18.1 Å². The van der Waals surface area contributed by atoms with Crippen molar-refractivity contribution in [1.29, 1.82) is 0 Å². The van der Waals surface area contributed by atoms with Gasteiger partial charge in [0.05, 0.1) is 25.0 Å². The molecule has 38 heavy (non-hydrogen) atoms. The molecule has 8 heteroatoms. The summed E-state index contributed by atoms with van der Waals surface area (Å²) in [7, 11) is 3.44. The fourth-order valence-electron chi connectivity index (χ4n) is 5.24. The third kappa shape index (κ3) is 6.37. The second-order valence-corrected chi connectivity index (χ2v) is 10.5. The molecule has 0 spiro atoms. The van der Waals surface area contributed by atoms with Gasteiger partial charge in [0.2, 0.25) is 0 Å². The number of nitrogens with one attached hydrogen (secondary N) is 1. The van der Waals surface area contributed by atoms with Gasteiger partial charge in [-0.1, -0.05) is 36.4 Å². The number of rotatable bonds is 10. The standard InChI is InChI=1S/C30H38N4O4/c1-20-16-34(17-21(2)38-20)18-22-7-5-8-23(13-22)19-37-28-10-6-9-25(29(28)36-4)15-31-30(35)27-14-26(24-11-12-24)32-33(27)3/h5-10,13-14,20-21,24H,11-12,15-19H2,1-4H3,(H,31,35). The van der Waals surface area contributed by atoms with E-state index in [2.05, 4.69) is 53.4 Å². The molecule has 202 valence electrons. The maximum atomic E-state index is 12.8. The van der Waals surface area contributed by atoms with E-state index < -0.39 is 0 Å².